The summed E-state index contributed by atoms with van der Waals surface area (Å²) in [6, 6.07) is 10.6. The molecule has 1 aromatic carbocycles. The maximum atomic E-state index is 6.27. The van der Waals surface area contributed by atoms with Gasteiger partial charge in [0, 0.05) is 0 Å². The Hall–Kier alpha value is 0.0495. The summed E-state index contributed by atoms with van der Waals surface area (Å²) in [6.45, 7) is 4.52. The molecule has 1 heterocycles. The number of rotatable bonds is 5. The summed E-state index contributed by atoms with van der Waals surface area (Å²) in [4.78, 5) is 0. The van der Waals surface area contributed by atoms with Crippen LogP contribution in [0, 0.1) is 0 Å². The van der Waals surface area contributed by atoms with Crippen molar-refractivity contribution in [3.05, 3.63) is 35.9 Å². The van der Waals surface area contributed by atoms with Crippen LogP contribution < -0.4 is 0 Å². The Bertz CT molecular complexity index is 343. The molecule has 2 atom stereocenters. The van der Waals surface area contributed by atoms with Gasteiger partial charge in [-0.05, 0) is 0 Å². The van der Waals surface area contributed by atoms with Crippen LogP contribution in [-0.2, 0) is 4.74 Å². The Morgan fingerprint density at radius 2 is 2.18 bits per heavy atom. The third-order valence-corrected chi connectivity index (χ3v) is 7.64. The molecule has 0 aromatic heterocycles. The third kappa shape index (κ3) is 3.75. The minimum atomic E-state index is 0.0999. The van der Waals surface area contributed by atoms with E-state index in [2.05, 4.69) is 44.2 Å². The van der Waals surface area contributed by atoms with Crippen molar-refractivity contribution in [3.8, 4) is 0 Å². The van der Waals surface area contributed by atoms with Gasteiger partial charge in [-0.15, -0.1) is 0 Å². The molecule has 1 aliphatic rings. The van der Waals surface area contributed by atoms with E-state index in [1.54, 1.807) is 0 Å². The van der Waals surface area contributed by atoms with Gasteiger partial charge in [0.25, 0.3) is 0 Å². The van der Waals surface area contributed by atoms with Crippen molar-refractivity contribution in [1.29, 1.82) is 0 Å². The molecule has 17 heavy (non-hydrogen) atoms. The molecule has 1 aromatic rings. The molecule has 0 aliphatic carbocycles. The van der Waals surface area contributed by atoms with E-state index in [0.717, 1.165) is 0 Å². The van der Waals surface area contributed by atoms with Crippen LogP contribution >= 0.6 is 11.8 Å². The van der Waals surface area contributed by atoms with E-state index in [1.165, 1.54) is 29.5 Å². The number of thioether (sulfide) groups is 1. The van der Waals surface area contributed by atoms with E-state index in [0.29, 0.717) is 21.1 Å². The minimum absolute atomic E-state index is 0.0999. The first kappa shape index (κ1) is 13.5. The van der Waals surface area contributed by atoms with Crippen LogP contribution in [0.2, 0.25) is 5.32 Å². The monoisotopic (exact) mass is 316 g/mol. The average molecular weight is 315 g/mol. The molecule has 2 rings (SSSR count). The number of benzene rings is 1. The predicted molar refractivity (Wildman–Crippen MR) is 76.6 cm³/mol. The number of unbranched alkanes of at least 4 members (excludes halogenated alkanes) is 1. The van der Waals surface area contributed by atoms with Crippen molar-refractivity contribution in [2.24, 2.45) is 0 Å². The van der Waals surface area contributed by atoms with Crippen LogP contribution in [0.15, 0.2) is 30.3 Å². The molecule has 0 amide bonds. The molecule has 0 unspecified atom stereocenters. The van der Waals surface area contributed by atoms with Crippen molar-refractivity contribution in [2.75, 3.05) is 5.75 Å². The first-order valence-corrected chi connectivity index (χ1v) is 9.29. The van der Waals surface area contributed by atoms with Crippen LogP contribution in [-0.4, -0.2) is 24.5 Å². The standard InChI is InChI=1S/C14H20OSSe/c1-3-4-10-16-14(2)15-13(11-17-14)12-8-6-5-7-9-12/h5-9,13H,3-4,10-11H2,1-2H3/t13-,14-/m0/s1. The van der Waals surface area contributed by atoms with Crippen molar-refractivity contribution in [1.82, 2.24) is 0 Å². The third-order valence-electron chi connectivity index (χ3n) is 2.89. The fourth-order valence-corrected chi connectivity index (χ4v) is 6.22. The zero-order valence-electron chi connectivity index (χ0n) is 10.5. The summed E-state index contributed by atoms with van der Waals surface area (Å²) in [5, 5.41) is 1.21. The van der Waals surface area contributed by atoms with Gasteiger partial charge in [-0.1, -0.05) is 0 Å². The van der Waals surface area contributed by atoms with E-state index in [1.807, 2.05) is 11.8 Å². The topological polar surface area (TPSA) is 9.23 Å². The molecular weight excluding hydrogens is 295 g/mol. The molecule has 0 N–H and O–H groups in total. The molecule has 3 heteroatoms. The van der Waals surface area contributed by atoms with Gasteiger partial charge in [0.15, 0.2) is 0 Å². The van der Waals surface area contributed by atoms with Gasteiger partial charge in [0.2, 0.25) is 0 Å². The maximum absolute atomic E-state index is 6.27. The Morgan fingerprint density at radius 1 is 1.41 bits per heavy atom. The molecular formula is C14H20OSSe. The van der Waals surface area contributed by atoms with Gasteiger partial charge in [-0.2, -0.15) is 0 Å². The average Bonchev–Trinajstić information content (AvgIpc) is 2.74. The summed E-state index contributed by atoms with van der Waals surface area (Å²) in [5.41, 5.74) is 1.34. The zero-order valence-corrected chi connectivity index (χ0v) is 13.0. The summed E-state index contributed by atoms with van der Waals surface area (Å²) < 4.78 is 6.37. The van der Waals surface area contributed by atoms with Gasteiger partial charge >= 0.3 is 115 Å². The molecule has 94 valence electrons. The van der Waals surface area contributed by atoms with E-state index < -0.39 is 0 Å². The second-order valence-corrected chi connectivity index (χ2v) is 9.39. The van der Waals surface area contributed by atoms with Crippen LogP contribution in [0.1, 0.15) is 38.4 Å². The van der Waals surface area contributed by atoms with E-state index in [-0.39, 0.29) is 3.83 Å². The zero-order chi connectivity index (χ0) is 12.1. The van der Waals surface area contributed by atoms with E-state index >= 15 is 0 Å². The van der Waals surface area contributed by atoms with Crippen LogP contribution in [0.3, 0.4) is 0 Å². The predicted octanol–water partition coefficient (Wildman–Crippen LogP) is 4.09. The van der Waals surface area contributed by atoms with Crippen molar-refractivity contribution < 1.29 is 4.74 Å². The van der Waals surface area contributed by atoms with E-state index in [4.69, 9.17) is 4.74 Å². The Balaban J connectivity index is 1.90. The molecule has 1 nitrogen and oxygen atoms in total. The molecule has 1 saturated heterocycles. The van der Waals surface area contributed by atoms with E-state index in [9.17, 15) is 0 Å². The number of ether oxygens (including phenoxy) is 1. The number of hydrogen-bond donors (Lipinski definition) is 0. The fourth-order valence-electron chi connectivity index (χ4n) is 1.86. The Labute approximate surface area is 115 Å². The molecule has 0 spiro atoms. The van der Waals surface area contributed by atoms with Crippen molar-refractivity contribution >= 4 is 26.7 Å². The Morgan fingerprint density at radius 3 is 2.88 bits per heavy atom. The van der Waals surface area contributed by atoms with Crippen LogP contribution in [0.4, 0.5) is 0 Å². The normalized spacial score (nSPS) is 28.5. The first-order valence-electron chi connectivity index (χ1n) is 6.24. The van der Waals surface area contributed by atoms with Gasteiger partial charge in [0.1, 0.15) is 0 Å². The van der Waals surface area contributed by atoms with Gasteiger partial charge in [-0.25, -0.2) is 0 Å². The van der Waals surface area contributed by atoms with Crippen LogP contribution in [0.25, 0.3) is 0 Å². The van der Waals surface area contributed by atoms with Gasteiger partial charge in [0.05, 0.1) is 0 Å². The summed E-state index contributed by atoms with van der Waals surface area (Å²) in [7, 11) is 0. The molecule has 0 radical (unpaired) electrons. The first-order chi connectivity index (χ1) is 8.23. The number of hydrogen-bond acceptors (Lipinski definition) is 2. The van der Waals surface area contributed by atoms with Gasteiger partial charge < -0.3 is 0 Å². The second kappa shape index (κ2) is 6.28. The Kier molecular flexibility index (Phi) is 4.98. The summed E-state index contributed by atoms with van der Waals surface area (Å²) >= 11 is 2.60. The van der Waals surface area contributed by atoms with Crippen molar-refractivity contribution in [2.45, 2.75) is 41.9 Å². The molecule has 1 aliphatic heterocycles. The summed E-state index contributed by atoms with van der Waals surface area (Å²) in [6.07, 6.45) is 2.91. The summed E-state index contributed by atoms with van der Waals surface area (Å²) in [5.74, 6) is 1.23. The molecule has 0 saturated carbocycles. The van der Waals surface area contributed by atoms with Gasteiger partial charge in [-0.3, -0.25) is 0 Å². The molecule has 0 bridgehead atoms. The quantitative estimate of drug-likeness (QED) is 0.598. The second-order valence-electron chi connectivity index (χ2n) is 4.39. The van der Waals surface area contributed by atoms with Crippen molar-refractivity contribution in [3.63, 3.8) is 0 Å². The fraction of sp³-hybridized carbons (Fsp3) is 0.571. The SMILES string of the molecule is CCCCS[C@]1(C)O[C@H](c2ccccc2)C[Se]1. The van der Waals surface area contributed by atoms with Crippen LogP contribution in [0.5, 0.6) is 0 Å². The molecule has 1 fully saturated rings.